The highest BCUT2D eigenvalue weighted by Crippen LogP contribution is 2.09. The van der Waals surface area contributed by atoms with E-state index in [9.17, 15) is 9.59 Å². The van der Waals surface area contributed by atoms with Crippen LogP contribution in [0.15, 0.2) is 0 Å². The molecule has 0 radical (unpaired) electrons. The number of likely N-dealkylation sites (tertiary alicyclic amines) is 1. The maximum absolute atomic E-state index is 11.3. The molecule has 0 aromatic rings. The first-order chi connectivity index (χ1) is 7.59. The summed E-state index contributed by atoms with van der Waals surface area (Å²) in [5.74, 6) is 0.242. The van der Waals surface area contributed by atoms with Crippen molar-refractivity contribution in [1.82, 2.24) is 15.5 Å². The van der Waals surface area contributed by atoms with E-state index in [1.54, 1.807) is 0 Å². The third-order valence-electron chi connectivity index (χ3n) is 2.48. The average molecular weight is 227 g/mol. The van der Waals surface area contributed by atoms with Crippen molar-refractivity contribution in [2.24, 2.45) is 0 Å². The molecule has 1 aliphatic heterocycles. The first-order valence-electron chi connectivity index (χ1n) is 5.91. The van der Waals surface area contributed by atoms with Gasteiger partial charge in [-0.25, -0.2) is 4.79 Å². The fourth-order valence-corrected chi connectivity index (χ4v) is 1.73. The number of urea groups is 1. The topological polar surface area (TPSA) is 61.4 Å². The zero-order valence-corrected chi connectivity index (χ0v) is 10.1. The molecule has 1 heterocycles. The van der Waals surface area contributed by atoms with E-state index in [0.717, 1.165) is 25.9 Å². The highest BCUT2D eigenvalue weighted by molar-refractivity contribution is 5.78. The van der Waals surface area contributed by atoms with Gasteiger partial charge in [0.2, 0.25) is 5.91 Å². The number of amides is 3. The molecule has 0 aromatic heterocycles. The second-order valence-electron chi connectivity index (χ2n) is 4.39. The predicted molar refractivity (Wildman–Crippen MR) is 62.1 cm³/mol. The Kier molecular flexibility index (Phi) is 5.08. The van der Waals surface area contributed by atoms with Crippen LogP contribution < -0.4 is 10.6 Å². The summed E-state index contributed by atoms with van der Waals surface area (Å²) >= 11 is 0. The molecule has 0 aromatic carbocycles. The number of rotatable bonds is 5. The minimum Gasteiger partial charge on any atom is -0.343 e. The summed E-state index contributed by atoms with van der Waals surface area (Å²) in [7, 11) is 0. The first-order valence-corrected chi connectivity index (χ1v) is 5.91. The van der Waals surface area contributed by atoms with Crippen molar-refractivity contribution in [2.45, 2.75) is 39.2 Å². The summed E-state index contributed by atoms with van der Waals surface area (Å²) in [6, 6.07) is 0.0166. The van der Waals surface area contributed by atoms with Gasteiger partial charge in [0, 0.05) is 32.1 Å². The van der Waals surface area contributed by atoms with E-state index in [0.29, 0.717) is 13.0 Å². The number of nitrogens with zero attached hydrogens (tertiary/aromatic N) is 1. The molecule has 1 aliphatic rings. The van der Waals surface area contributed by atoms with Gasteiger partial charge >= 0.3 is 6.03 Å². The van der Waals surface area contributed by atoms with Gasteiger partial charge in [-0.15, -0.1) is 0 Å². The van der Waals surface area contributed by atoms with Crippen molar-refractivity contribution in [3.05, 3.63) is 0 Å². The Labute approximate surface area is 96.6 Å². The van der Waals surface area contributed by atoms with Crippen molar-refractivity contribution >= 4 is 11.9 Å². The molecular formula is C11H21N3O2. The second kappa shape index (κ2) is 6.35. The maximum Gasteiger partial charge on any atom is 0.314 e. The van der Waals surface area contributed by atoms with Crippen molar-refractivity contribution in [2.75, 3.05) is 19.6 Å². The van der Waals surface area contributed by atoms with Crippen LogP contribution in [0.25, 0.3) is 0 Å². The molecule has 1 saturated heterocycles. The van der Waals surface area contributed by atoms with Gasteiger partial charge in [-0.3, -0.25) is 4.79 Å². The van der Waals surface area contributed by atoms with Gasteiger partial charge < -0.3 is 15.5 Å². The van der Waals surface area contributed by atoms with Crippen LogP contribution in [0.3, 0.4) is 0 Å². The SMILES string of the molecule is CC(C)NC(=O)NCCCN1CCCC1=O. The van der Waals surface area contributed by atoms with E-state index < -0.39 is 0 Å². The highest BCUT2D eigenvalue weighted by Gasteiger charge is 2.18. The quantitative estimate of drug-likeness (QED) is 0.679. The van der Waals surface area contributed by atoms with E-state index >= 15 is 0 Å². The molecule has 5 nitrogen and oxygen atoms in total. The Hall–Kier alpha value is -1.26. The molecule has 92 valence electrons. The molecule has 0 atom stereocenters. The van der Waals surface area contributed by atoms with Gasteiger partial charge in [0.05, 0.1) is 0 Å². The Morgan fingerprint density at radius 3 is 2.81 bits per heavy atom. The molecule has 2 N–H and O–H groups in total. The molecule has 0 spiro atoms. The molecule has 3 amide bonds. The van der Waals surface area contributed by atoms with Crippen LogP contribution in [0, 0.1) is 0 Å². The lowest BCUT2D eigenvalue weighted by Crippen LogP contribution is -2.40. The van der Waals surface area contributed by atoms with Gasteiger partial charge in [-0.05, 0) is 26.7 Å². The van der Waals surface area contributed by atoms with Gasteiger partial charge in [0.15, 0.2) is 0 Å². The lowest BCUT2D eigenvalue weighted by atomic mass is 10.4. The molecule has 1 rings (SSSR count). The Balaban J connectivity index is 2.03. The fraction of sp³-hybridized carbons (Fsp3) is 0.818. The van der Waals surface area contributed by atoms with Crippen LogP contribution in [0.1, 0.15) is 33.1 Å². The summed E-state index contributed by atoms with van der Waals surface area (Å²) in [5.41, 5.74) is 0. The number of carbonyl (C=O) groups excluding carboxylic acids is 2. The molecule has 0 aliphatic carbocycles. The van der Waals surface area contributed by atoms with Crippen molar-refractivity contribution < 1.29 is 9.59 Å². The largest absolute Gasteiger partial charge is 0.343 e. The molecule has 1 fully saturated rings. The summed E-state index contributed by atoms with van der Waals surface area (Å²) in [5, 5.41) is 5.51. The number of carbonyl (C=O) groups is 2. The fourth-order valence-electron chi connectivity index (χ4n) is 1.73. The van der Waals surface area contributed by atoms with E-state index in [1.807, 2.05) is 18.7 Å². The van der Waals surface area contributed by atoms with Gasteiger partial charge in [0.25, 0.3) is 0 Å². The van der Waals surface area contributed by atoms with Crippen LogP contribution in [-0.4, -0.2) is 42.5 Å². The van der Waals surface area contributed by atoms with E-state index in [-0.39, 0.29) is 18.0 Å². The van der Waals surface area contributed by atoms with Crippen LogP contribution >= 0.6 is 0 Å². The summed E-state index contributed by atoms with van der Waals surface area (Å²) in [6.07, 6.45) is 2.47. The maximum atomic E-state index is 11.3. The Morgan fingerprint density at radius 1 is 1.50 bits per heavy atom. The lowest BCUT2D eigenvalue weighted by molar-refractivity contribution is -0.127. The van der Waals surface area contributed by atoms with Crippen molar-refractivity contribution in [3.8, 4) is 0 Å². The number of hydrogen-bond donors (Lipinski definition) is 2. The Bertz CT molecular complexity index is 254. The number of nitrogens with one attached hydrogen (secondary N) is 2. The molecule has 5 heteroatoms. The first kappa shape index (κ1) is 12.8. The predicted octanol–water partition coefficient (Wildman–Crippen LogP) is 0.706. The third kappa shape index (κ3) is 4.51. The Morgan fingerprint density at radius 2 is 2.25 bits per heavy atom. The average Bonchev–Trinajstić information content (AvgIpc) is 2.58. The van der Waals surface area contributed by atoms with E-state index in [1.165, 1.54) is 0 Å². The van der Waals surface area contributed by atoms with Crippen molar-refractivity contribution in [3.63, 3.8) is 0 Å². The second-order valence-corrected chi connectivity index (χ2v) is 4.39. The highest BCUT2D eigenvalue weighted by atomic mass is 16.2. The zero-order valence-electron chi connectivity index (χ0n) is 10.1. The molecule has 0 bridgehead atoms. The lowest BCUT2D eigenvalue weighted by Gasteiger charge is -2.15. The minimum atomic E-state index is -0.136. The number of hydrogen-bond acceptors (Lipinski definition) is 2. The molecule has 0 saturated carbocycles. The van der Waals surface area contributed by atoms with E-state index in [2.05, 4.69) is 10.6 Å². The minimum absolute atomic E-state index is 0.136. The normalized spacial score (nSPS) is 15.7. The van der Waals surface area contributed by atoms with Crippen LogP contribution in [0.4, 0.5) is 4.79 Å². The summed E-state index contributed by atoms with van der Waals surface area (Å²) < 4.78 is 0. The monoisotopic (exact) mass is 227 g/mol. The standard InChI is InChI=1S/C11H21N3O2/c1-9(2)13-11(16)12-6-4-8-14-7-3-5-10(14)15/h9H,3-8H2,1-2H3,(H2,12,13,16). The molecular weight excluding hydrogens is 206 g/mol. The van der Waals surface area contributed by atoms with Crippen molar-refractivity contribution in [1.29, 1.82) is 0 Å². The molecule has 16 heavy (non-hydrogen) atoms. The third-order valence-corrected chi connectivity index (χ3v) is 2.48. The van der Waals surface area contributed by atoms with Crippen LogP contribution in [0.2, 0.25) is 0 Å². The van der Waals surface area contributed by atoms with Crippen LogP contribution in [0.5, 0.6) is 0 Å². The smallest absolute Gasteiger partial charge is 0.314 e. The summed E-state index contributed by atoms with van der Waals surface area (Å²) in [6.45, 7) is 6.07. The van der Waals surface area contributed by atoms with E-state index in [4.69, 9.17) is 0 Å². The van der Waals surface area contributed by atoms with Gasteiger partial charge in [0.1, 0.15) is 0 Å². The molecule has 0 unspecified atom stereocenters. The summed E-state index contributed by atoms with van der Waals surface area (Å²) in [4.78, 5) is 24.3. The van der Waals surface area contributed by atoms with Gasteiger partial charge in [-0.2, -0.15) is 0 Å². The van der Waals surface area contributed by atoms with Crippen LogP contribution in [-0.2, 0) is 4.79 Å². The van der Waals surface area contributed by atoms with Gasteiger partial charge in [-0.1, -0.05) is 0 Å². The zero-order chi connectivity index (χ0) is 12.0.